The van der Waals surface area contributed by atoms with Gasteiger partial charge in [0.2, 0.25) is 0 Å². The van der Waals surface area contributed by atoms with E-state index < -0.39 is 0 Å². The molecule has 2 heterocycles. The van der Waals surface area contributed by atoms with Crippen LogP contribution in [0.25, 0.3) is 21.2 Å². The minimum atomic E-state index is -0.208. The van der Waals surface area contributed by atoms with Gasteiger partial charge in [-0.25, -0.2) is 4.98 Å². The number of hydrogen-bond donors (Lipinski definition) is 0. The van der Waals surface area contributed by atoms with E-state index >= 15 is 0 Å². The Bertz CT molecular complexity index is 1190. The number of thiazole rings is 1. The summed E-state index contributed by atoms with van der Waals surface area (Å²) >= 11 is 1.52. The van der Waals surface area contributed by atoms with E-state index in [1.165, 1.54) is 16.9 Å². The molecular formula is C22H24ClN3O3S. The zero-order valence-corrected chi connectivity index (χ0v) is 19.0. The van der Waals surface area contributed by atoms with E-state index in [-0.39, 0.29) is 24.1 Å². The molecule has 0 spiro atoms. The lowest BCUT2D eigenvalue weighted by molar-refractivity contribution is 0.0960. The number of carbonyl (C=O) groups excluding carboxylic acids is 1. The number of likely N-dealkylation sites (N-methyl/N-ethyl adjacent to an activating group) is 1. The molecule has 0 radical (unpaired) electrons. The number of fused-ring (bicyclic) bond motifs is 2. The number of halogens is 1. The van der Waals surface area contributed by atoms with Crippen molar-refractivity contribution in [3.63, 3.8) is 0 Å². The fourth-order valence-corrected chi connectivity index (χ4v) is 4.24. The summed E-state index contributed by atoms with van der Waals surface area (Å²) in [5.74, 6) is 0.677. The molecule has 1 amide bonds. The smallest absolute Gasteiger partial charge is 0.295 e. The number of anilines is 1. The Morgan fingerprint density at radius 1 is 1.17 bits per heavy atom. The standard InChI is InChI=1S/C22H23N3O3S.ClH/c1-14-8-9-16-19(12-14)29-22(23-16)25(11-10-24(2)3)21(26)18-13-15-6-5-7-17(27-4)20(15)28-18;/h5-9,12-13H,10-11H2,1-4H3;1H. The summed E-state index contributed by atoms with van der Waals surface area (Å²) in [5.41, 5.74) is 2.64. The number of para-hydroxylation sites is 1. The van der Waals surface area contributed by atoms with Crippen LogP contribution in [0.2, 0.25) is 0 Å². The third-order valence-electron chi connectivity index (χ3n) is 4.72. The Morgan fingerprint density at radius 2 is 1.97 bits per heavy atom. The molecule has 0 N–H and O–H groups in total. The predicted octanol–water partition coefficient (Wildman–Crippen LogP) is 4.99. The van der Waals surface area contributed by atoms with E-state index in [1.807, 2.05) is 49.3 Å². The van der Waals surface area contributed by atoms with Crippen molar-refractivity contribution in [2.24, 2.45) is 0 Å². The Labute approximate surface area is 185 Å². The first-order valence-electron chi connectivity index (χ1n) is 9.36. The molecule has 0 bridgehead atoms. The molecule has 158 valence electrons. The molecule has 6 nitrogen and oxygen atoms in total. The largest absolute Gasteiger partial charge is 0.493 e. The number of nitrogens with zero attached hydrogens (tertiary/aromatic N) is 3. The van der Waals surface area contributed by atoms with Gasteiger partial charge < -0.3 is 14.1 Å². The summed E-state index contributed by atoms with van der Waals surface area (Å²) in [6.07, 6.45) is 0. The lowest BCUT2D eigenvalue weighted by atomic mass is 10.2. The number of hydrogen-bond acceptors (Lipinski definition) is 6. The number of furan rings is 1. The first-order chi connectivity index (χ1) is 14.0. The highest BCUT2D eigenvalue weighted by atomic mass is 35.5. The van der Waals surface area contributed by atoms with Gasteiger partial charge in [0, 0.05) is 18.5 Å². The molecule has 8 heteroatoms. The molecule has 0 aliphatic heterocycles. The highest BCUT2D eigenvalue weighted by molar-refractivity contribution is 7.22. The van der Waals surface area contributed by atoms with Crippen molar-refractivity contribution in [3.8, 4) is 5.75 Å². The number of benzene rings is 2. The Kier molecular flexibility index (Phi) is 6.65. The van der Waals surface area contributed by atoms with Gasteiger partial charge in [0.15, 0.2) is 22.2 Å². The molecule has 0 saturated heterocycles. The minimum Gasteiger partial charge on any atom is -0.493 e. The van der Waals surface area contributed by atoms with Crippen LogP contribution in [0.15, 0.2) is 46.9 Å². The Hall–Kier alpha value is -2.61. The van der Waals surface area contributed by atoms with E-state index in [1.54, 1.807) is 18.1 Å². The molecule has 2 aromatic heterocycles. The van der Waals surface area contributed by atoms with Crippen molar-refractivity contribution in [2.45, 2.75) is 6.92 Å². The third-order valence-corrected chi connectivity index (χ3v) is 5.76. The van der Waals surface area contributed by atoms with Crippen LogP contribution in [0.3, 0.4) is 0 Å². The van der Waals surface area contributed by atoms with Crippen LogP contribution in [0.1, 0.15) is 16.1 Å². The number of rotatable bonds is 6. The quantitative estimate of drug-likeness (QED) is 0.418. The fraction of sp³-hybridized carbons (Fsp3) is 0.273. The van der Waals surface area contributed by atoms with Gasteiger partial charge in [-0.15, -0.1) is 12.4 Å². The Balaban J connectivity index is 0.00000256. The van der Waals surface area contributed by atoms with Crippen LogP contribution in [0, 0.1) is 6.92 Å². The topological polar surface area (TPSA) is 58.8 Å². The zero-order chi connectivity index (χ0) is 20.5. The number of methoxy groups -OCH3 is 1. The molecule has 4 aromatic rings. The lowest BCUT2D eigenvalue weighted by Gasteiger charge is -2.20. The number of aromatic nitrogens is 1. The van der Waals surface area contributed by atoms with E-state index in [0.717, 1.165) is 15.6 Å². The van der Waals surface area contributed by atoms with Gasteiger partial charge in [-0.2, -0.15) is 0 Å². The summed E-state index contributed by atoms with van der Waals surface area (Å²) in [4.78, 5) is 21.9. The van der Waals surface area contributed by atoms with Crippen molar-refractivity contribution >= 4 is 56.0 Å². The number of carbonyl (C=O) groups is 1. The summed E-state index contributed by atoms with van der Waals surface area (Å²) in [6, 6.07) is 13.5. The van der Waals surface area contributed by atoms with Crippen LogP contribution in [-0.4, -0.2) is 50.1 Å². The molecule has 30 heavy (non-hydrogen) atoms. The first kappa shape index (κ1) is 22.1. The minimum absolute atomic E-state index is 0. The molecule has 0 saturated carbocycles. The second kappa shape index (κ2) is 9.04. The molecule has 4 rings (SSSR count). The highest BCUT2D eigenvalue weighted by Gasteiger charge is 2.25. The van der Waals surface area contributed by atoms with Crippen molar-refractivity contribution in [1.82, 2.24) is 9.88 Å². The summed E-state index contributed by atoms with van der Waals surface area (Å²) < 4.78 is 12.3. The van der Waals surface area contributed by atoms with Crippen LogP contribution in [0.4, 0.5) is 5.13 Å². The molecule has 0 unspecified atom stereocenters. The monoisotopic (exact) mass is 445 g/mol. The van der Waals surface area contributed by atoms with Crippen LogP contribution in [-0.2, 0) is 0 Å². The van der Waals surface area contributed by atoms with Crippen molar-refractivity contribution in [2.75, 3.05) is 39.2 Å². The van der Waals surface area contributed by atoms with Gasteiger partial charge in [0.25, 0.3) is 5.91 Å². The second-order valence-electron chi connectivity index (χ2n) is 7.22. The van der Waals surface area contributed by atoms with Gasteiger partial charge in [-0.1, -0.05) is 29.5 Å². The fourth-order valence-electron chi connectivity index (χ4n) is 3.15. The normalized spacial score (nSPS) is 11.1. The van der Waals surface area contributed by atoms with Crippen molar-refractivity contribution in [1.29, 1.82) is 0 Å². The third kappa shape index (κ3) is 4.28. The molecule has 2 aromatic carbocycles. The summed E-state index contributed by atoms with van der Waals surface area (Å²) in [5, 5.41) is 1.50. The summed E-state index contributed by atoms with van der Waals surface area (Å²) in [7, 11) is 5.55. The maximum atomic E-state index is 13.4. The zero-order valence-electron chi connectivity index (χ0n) is 17.3. The van der Waals surface area contributed by atoms with Gasteiger partial charge in [0.1, 0.15) is 0 Å². The predicted molar refractivity (Wildman–Crippen MR) is 125 cm³/mol. The number of ether oxygens (including phenoxy) is 1. The average Bonchev–Trinajstić information content (AvgIpc) is 3.31. The van der Waals surface area contributed by atoms with Gasteiger partial charge in [-0.05, 0) is 50.8 Å². The molecule has 0 fully saturated rings. The molecule has 0 aliphatic rings. The second-order valence-corrected chi connectivity index (χ2v) is 8.23. The first-order valence-corrected chi connectivity index (χ1v) is 10.2. The van der Waals surface area contributed by atoms with Gasteiger partial charge in [-0.3, -0.25) is 9.69 Å². The summed E-state index contributed by atoms with van der Waals surface area (Å²) in [6.45, 7) is 3.28. The molecule has 0 atom stereocenters. The lowest BCUT2D eigenvalue weighted by Crippen LogP contribution is -2.36. The van der Waals surface area contributed by atoms with Crippen molar-refractivity contribution in [3.05, 3.63) is 53.8 Å². The maximum Gasteiger partial charge on any atom is 0.295 e. The highest BCUT2D eigenvalue weighted by Crippen LogP contribution is 2.33. The van der Waals surface area contributed by atoms with Crippen molar-refractivity contribution < 1.29 is 13.9 Å². The Morgan fingerprint density at radius 3 is 2.70 bits per heavy atom. The van der Waals surface area contributed by atoms with Gasteiger partial charge >= 0.3 is 0 Å². The number of aryl methyl sites for hydroxylation is 1. The van der Waals surface area contributed by atoms with Crippen LogP contribution >= 0.6 is 23.7 Å². The molecule has 0 aliphatic carbocycles. The van der Waals surface area contributed by atoms with Crippen LogP contribution in [0.5, 0.6) is 5.75 Å². The van der Waals surface area contributed by atoms with Crippen LogP contribution < -0.4 is 9.64 Å². The molecular weight excluding hydrogens is 422 g/mol. The van der Waals surface area contributed by atoms with E-state index in [4.69, 9.17) is 14.1 Å². The number of amides is 1. The van der Waals surface area contributed by atoms with E-state index in [2.05, 4.69) is 13.0 Å². The maximum absolute atomic E-state index is 13.4. The van der Waals surface area contributed by atoms with E-state index in [9.17, 15) is 4.79 Å². The van der Waals surface area contributed by atoms with E-state index in [0.29, 0.717) is 29.6 Å². The average molecular weight is 446 g/mol. The van der Waals surface area contributed by atoms with Gasteiger partial charge in [0.05, 0.1) is 17.3 Å². The SMILES string of the molecule is COc1cccc2cc(C(=O)N(CCN(C)C)c3nc4ccc(C)cc4s3)oc12.Cl.